The van der Waals surface area contributed by atoms with Gasteiger partial charge in [0.2, 0.25) is 0 Å². The molecule has 1 saturated carbocycles. The van der Waals surface area contributed by atoms with Gasteiger partial charge in [0.15, 0.2) is 0 Å². The van der Waals surface area contributed by atoms with Gasteiger partial charge in [-0.3, -0.25) is 10.6 Å². The molecule has 6 nitrogen and oxygen atoms in total. The van der Waals surface area contributed by atoms with Crippen molar-refractivity contribution in [3.63, 3.8) is 0 Å². The smallest absolute Gasteiger partial charge is 0.150 e. The fourth-order valence-electron chi connectivity index (χ4n) is 4.31. The van der Waals surface area contributed by atoms with Crippen molar-refractivity contribution in [2.45, 2.75) is 67.5 Å². The van der Waals surface area contributed by atoms with Crippen LogP contribution in [-0.4, -0.2) is 69.7 Å². The number of rotatable bonds is 6. The van der Waals surface area contributed by atoms with Gasteiger partial charge < -0.3 is 9.47 Å². The number of hydrogen-bond acceptors (Lipinski definition) is 7. The second-order valence-electron chi connectivity index (χ2n) is 7.58. The first-order valence-electron chi connectivity index (χ1n) is 9.41. The van der Waals surface area contributed by atoms with Gasteiger partial charge in [-0.25, -0.2) is 8.42 Å². The summed E-state index contributed by atoms with van der Waals surface area (Å²) in [6.45, 7) is 1.54. The quantitative estimate of drug-likeness (QED) is 0.707. The number of methoxy groups -OCH3 is 1. The molecule has 0 amide bonds. The molecule has 0 aromatic heterocycles. The van der Waals surface area contributed by atoms with E-state index in [1.165, 1.54) is 24.9 Å². The van der Waals surface area contributed by atoms with Crippen molar-refractivity contribution >= 4 is 21.6 Å². The normalized spacial score (nSPS) is 40.2. The second-order valence-corrected chi connectivity index (χ2v) is 11.3. The van der Waals surface area contributed by atoms with Gasteiger partial charge in [0, 0.05) is 25.2 Å². The molecule has 8 heteroatoms. The van der Waals surface area contributed by atoms with Crippen LogP contribution in [0.2, 0.25) is 0 Å². The van der Waals surface area contributed by atoms with E-state index >= 15 is 0 Å². The Balaban J connectivity index is 1.52. The van der Waals surface area contributed by atoms with Crippen molar-refractivity contribution in [3.8, 4) is 0 Å². The molecule has 1 aliphatic carbocycles. The number of piperazine rings is 1. The summed E-state index contributed by atoms with van der Waals surface area (Å²) in [5, 5.41) is 7.54. The summed E-state index contributed by atoms with van der Waals surface area (Å²) in [5.41, 5.74) is 0. The van der Waals surface area contributed by atoms with Gasteiger partial charge in [0.25, 0.3) is 0 Å². The van der Waals surface area contributed by atoms with Crippen LogP contribution in [0.5, 0.6) is 0 Å². The highest BCUT2D eigenvalue weighted by Gasteiger charge is 2.39. The van der Waals surface area contributed by atoms with Crippen molar-refractivity contribution in [2.24, 2.45) is 5.92 Å². The second kappa shape index (κ2) is 8.89. The van der Waals surface area contributed by atoms with E-state index in [4.69, 9.17) is 9.47 Å². The van der Waals surface area contributed by atoms with Gasteiger partial charge in [-0.15, -0.1) is 0 Å². The lowest BCUT2D eigenvalue weighted by Crippen LogP contribution is -2.65. The summed E-state index contributed by atoms with van der Waals surface area (Å²) in [5.74, 6) is 1.67. The minimum Gasteiger partial charge on any atom is -0.365 e. The number of thioether (sulfide) groups is 1. The molecule has 146 valence electrons. The number of hydrogen-bond donors (Lipinski definition) is 2. The summed E-state index contributed by atoms with van der Waals surface area (Å²) >= 11 is 2.01. The molecule has 3 rings (SSSR count). The van der Waals surface area contributed by atoms with Crippen molar-refractivity contribution in [1.29, 1.82) is 0 Å². The Morgan fingerprint density at radius 1 is 1.16 bits per heavy atom. The largest absolute Gasteiger partial charge is 0.365 e. The van der Waals surface area contributed by atoms with Crippen LogP contribution >= 0.6 is 11.8 Å². The van der Waals surface area contributed by atoms with Crippen molar-refractivity contribution in [1.82, 2.24) is 10.6 Å². The molecule has 4 unspecified atom stereocenters. The Hall–Kier alpha value is 0.140. The molecule has 2 heterocycles. The summed E-state index contributed by atoms with van der Waals surface area (Å²) in [4.78, 5) is 0. The van der Waals surface area contributed by atoms with E-state index in [0.29, 0.717) is 11.2 Å². The zero-order valence-electron chi connectivity index (χ0n) is 15.3. The van der Waals surface area contributed by atoms with E-state index < -0.39 is 9.84 Å². The third kappa shape index (κ3) is 5.32. The first kappa shape index (κ1) is 19.9. The monoisotopic (exact) mass is 392 g/mol. The maximum absolute atomic E-state index is 11.8. The zero-order valence-corrected chi connectivity index (χ0v) is 16.9. The standard InChI is InChI=1S/C17H32N2O4S2/c1-22-17-16(12-5-7-14(8-6-12)25(2,20)21)19-15(10-18-17)23-11-13-4-3-9-24-13/h12-19H,3-11H2,1-2H3. The maximum Gasteiger partial charge on any atom is 0.150 e. The molecule has 3 aliphatic rings. The third-order valence-electron chi connectivity index (χ3n) is 5.80. The van der Waals surface area contributed by atoms with Crippen LogP contribution in [0.15, 0.2) is 0 Å². The molecule has 2 saturated heterocycles. The highest BCUT2D eigenvalue weighted by molar-refractivity contribution is 8.00. The van der Waals surface area contributed by atoms with E-state index in [1.807, 2.05) is 11.8 Å². The molecule has 2 N–H and O–H groups in total. The molecule has 3 fully saturated rings. The molecular formula is C17H32N2O4S2. The van der Waals surface area contributed by atoms with Crippen molar-refractivity contribution in [2.75, 3.05) is 32.3 Å². The van der Waals surface area contributed by atoms with Crippen LogP contribution in [0.25, 0.3) is 0 Å². The fourth-order valence-corrected chi connectivity index (χ4v) is 6.61. The Morgan fingerprint density at radius 2 is 1.92 bits per heavy atom. The van der Waals surface area contributed by atoms with Crippen LogP contribution in [0.1, 0.15) is 38.5 Å². The van der Waals surface area contributed by atoms with Gasteiger partial charge >= 0.3 is 0 Å². The van der Waals surface area contributed by atoms with E-state index in [1.54, 1.807) is 7.11 Å². The highest BCUT2D eigenvalue weighted by Crippen LogP contribution is 2.32. The molecule has 0 radical (unpaired) electrons. The van der Waals surface area contributed by atoms with Crippen LogP contribution in [0.3, 0.4) is 0 Å². The molecule has 0 bridgehead atoms. The van der Waals surface area contributed by atoms with Gasteiger partial charge in [-0.1, -0.05) is 0 Å². The Bertz CT molecular complexity index is 517. The predicted octanol–water partition coefficient (Wildman–Crippen LogP) is 1.36. The van der Waals surface area contributed by atoms with Gasteiger partial charge in [0.05, 0.1) is 17.9 Å². The van der Waals surface area contributed by atoms with E-state index in [0.717, 1.165) is 38.8 Å². The summed E-state index contributed by atoms with van der Waals surface area (Å²) in [7, 11) is -1.20. The summed E-state index contributed by atoms with van der Waals surface area (Å²) in [6, 6.07) is 0.167. The molecular weight excluding hydrogens is 360 g/mol. The number of ether oxygens (including phenoxy) is 2. The zero-order chi connectivity index (χ0) is 17.9. The first-order chi connectivity index (χ1) is 12.0. The minimum absolute atomic E-state index is 0.00484. The first-order valence-corrected chi connectivity index (χ1v) is 12.4. The minimum atomic E-state index is -2.92. The lowest BCUT2D eigenvalue weighted by molar-refractivity contribution is -0.0707. The Labute approximate surface area is 156 Å². The summed E-state index contributed by atoms with van der Waals surface area (Å²) < 4.78 is 35.3. The van der Waals surface area contributed by atoms with E-state index in [2.05, 4.69) is 10.6 Å². The van der Waals surface area contributed by atoms with E-state index in [-0.39, 0.29) is 23.7 Å². The molecule has 25 heavy (non-hydrogen) atoms. The fraction of sp³-hybridized carbons (Fsp3) is 1.00. The average Bonchev–Trinajstić information content (AvgIpc) is 3.12. The average molecular weight is 393 g/mol. The van der Waals surface area contributed by atoms with Gasteiger partial charge in [-0.05, 0) is 50.2 Å². The highest BCUT2D eigenvalue weighted by atomic mass is 32.2. The van der Waals surface area contributed by atoms with Gasteiger partial charge in [0.1, 0.15) is 22.3 Å². The lowest BCUT2D eigenvalue weighted by atomic mass is 9.82. The van der Waals surface area contributed by atoms with Crippen molar-refractivity contribution in [3.05, 3.63) is 0 Å². The van der Waals surface area contributed by atoms with Crippen LogP contribution in [0, 0.1) is 5.92 Å². The SMILES string of the molecule is COC1NCC(OCC2CCCS2)NC1C1CCC(S(C)(=O)=O)CC1. The lowest BCUT2D eigenvalue weighted by Gasteiger charge is -2.43. The summed E-state index contributed by atoms with van der Waals surface area (Å²) in [6.07, 6.45) is 7.22. The molecule has 0 aromatic rings. The molecule has 0 spiro atoms. The number of sulfone groups is 1. The Kier molecular flexibility index (Phi) is 7.07. The maximum atomic E-state index is 11.8. The molecule has 2 aliphatic heterocycles. The predicted molar refractivity (Wildman–Crippen MR) is 102 cm³/mol. The topological polar surface area (TPSA) is 76.7 Å². The third-order valence-corrected chi connectivity index (χ3v) is 8.85. The van der Waals surface area contributed by atoms with Crippen LogP contribution in [0.4, 0.5) is 0 Å². The molecule has 0 aromatic carbocycles. The number of nitrogens with one attached hydrogen (secondary N) is 2. The molecule has 4 atom stereocenters. The van der Waals surface area contributed by atoms with Crippen LogP contribution in [-0.2, 0) is 19.3 Å². The van der Waals surface area contributed by atoms with Gasteiger partial charge in [-0.2, -0.15) is 11.8 Å². The van der Waals surface area contributed by atoms with E-state index in [9.17, 15) is 8.42 Å². The Morgan fingerprint density at radius 3 is 2.52 bits per heavy atom. The van der Waals surface area contributed by atoms with Crippen LogP contribution < -0.4 is 10.6 Å². The van der Waals surface area contributed by atoms with Crippen molar-refractivity contribution < 1.29 is 17.9 Å².